The third-order valence-corrected chi connectivity index (χ3v) is 5.82. The molecule has 158 valence electrons. The Morgan fingerprint density at radius 1 is 1.00 bits per heavy atom. The number of benzene rings is 3. The fourth-order valence-corrected chi connectivity index (χ4v) is 4.50. The maximum absolute atomic E-state index is 13.1. The minimum atomic E-state index is -0.379. The predicted molar refractivity (Wildman–Crippen MR) is 121 cm³/mol. The van der Waals surface area contributed by atoms with Gasteiger partial charge in [0.15, 0.2) is 4.80 Å². The molecule has 0 aliphatic carbocycles. The monoisotopic (exact) mass is 434 g/mol. The Morgan fingerprint density at radius 2 is 1.81 bits per heavy atom. The van der Waals surface area contributed by atoms with E-state index in [9.17, 15) is 9.59 Å². The van der Waals surface area contributed by atoms with Crippen LogP contribution in [0.2, 0.25) is 0 Å². The fraction of sp³-hybridized carbons (Fsp3) is 0.208. The molecule has 1 heterocycles. The number of carbonyl (C=O) groups is 2. The lowest BCUT2D eigenvalue weighted by atomic mass is 10.0. The zero-order chi connectivity index (χ0) is 21.8. The molecule has 0 unspecified atom stereocenters. The first-order valence-electron chi connectivity index (χ1n) is 10.1. The van der Waals surface area contributed by atoms with Gasteiger partial charge in [-0.3, -0.25) is 9.59 Å². The summed E-state index contributed by atoms with van der Waals surface area (Å²) in [5, 5.41) is 1.82. The molecule has 1 amide bonds. The molecule has 0 fully saturated rings. The van der Waals surface area contributed by atoms with E-state index in [1.54, 1.807) is 17.6 Å². The smallest absolute Gasteiger partial charge is 0.326 e. The highest BCUT2D eigenvalue weighted by atomic mass is 32.1. The van der Waals surface area contributed by atoms with Crippen LogP contribution in [0.4, 0.5) is 0 Å². The second-order valence-electron chi connectivity index (χ2n) is 6.78. The first-order chi connectivity index (χ1) is 15.1. The van der Waals surface area contributed by atoms with E-state index in [0.29, 0.717) is 17.0 Å². The van der Waals surface area contributed by atoms with Crippen molar-refractivity contribution in [1.29, 1.82) is 0 Å². The summed E-state index contributed by atoms with van der Waals surface area (Å²) in [5.41, 5.74) is 1.32. The summed E-state index contributed by atoms with van der Waals surface area (Å²) < 4.78 is 13.3. The Hall–Kier alpha value is -3.45. The summed E-state index contributed by atoms with van der Waals surface area (Å²) in [6.45, 7) is 4.50. The number of esters is 1. The molecule has 0 atom stereocenters. The van der Waals surface area contributed by atoms with Crippen molar-refractivity contribution in [2.75, 3.05) is 13.2 Å². The van der Waals surface area contributed by atoms with Crippen LogP contribution in [-0.2, 0) is 16.1 Å². The van der Waals surface area contributed by atoms with E-state index in [0.717, 1.165) is 26.7 Å². The lowest BCUT2D eigenvalue weighted by molar-refractivity contribution is -0.143. The highest BCUT2D eigenvalue weighted by Crippen LogP contribution is 2.24. The summed E-state index contributed by atoms with van der Waals surface area (Å²) in [6, 6.07) is 18.9. The van der Waals surface area contributed by atoms with Crippen molar-refractivity contribution in [3.8, 4) is 5.75 Å². The van der Waals surface area contributed by atoms with Gasteiger partial charge in [0.2, 0.25) is 0 Å². The van der Waals surface area contributed by atoms with Gasteiger partial charge in [0, 0.05) is 5.56 Å². The Kier molecular flexibility index (Phi) is 6.13. The van der Waals surface area contributed by atoms with Gasteiger partial charge < -0.3 is 14.0 Å². The number of rotatable bonds is 6. The summed E-state index contributed by atoms with van der Waals surface area (Å²) >= 11 is 1.34. The molecular formula is C24H22N2O4S. The standard InChI is InChI=1S/C24H22N2O4S/c1-3-29-17-12-13-20-21(14-17)31-24(26(20)15-22(27)30-4-2)25-23(28)19-11-7-9-16-8-5-6-10-18(16)19/h5-14H,3-4,15H2,1-2H3. The first-order valence-corrected chi connectivity index (χ1v) is 10.9. The summed E-state index contributed by atoms with van der Waals surface area (Å²) in [7, 11) is 0. The van der Waals surface area contributed by atoms with Crippen LogP contribution in [0.15, 0.2) is 65.7 Å². The van der Waals surface area contributed by atoms with Gasteiger partial charge in [-0.25, -0.2) is 0 Å². The molecule has 7 heteroatoms. The van der Waals surface area contributed by atoms with Crippen molar-refractivity contribution in [3.05, 3.63) is 71.0 Å². The van der Waals surface area contributed by atoms with Crippen LogP contribution in [0.5, 0.6) is 5.75 Å². The Balaban J connectivity index is 1.84. The summed E-state index contributed by atoms with van der Waals surface area (Å²) in [5.74, 6) is -0.00685. The van der Waals surface area contributed by atoms with Gasteiger partial charge in [-0.05, 0) is 48.9 Å². The normalized spacial score (nSPS) is 11.7. The van der Waals surface area contributed by atoms with Crippen LogP contribution in [0.25, 0.3) is 21.0 Å². The van der Waals surface area contributed by atoms with Crippen LogP contribution in [-0.4, -0.2) is 29.7 Å². The first kappa shape index (κ1) is 20.8. The van der Waals surface area contributed by atoms with Crippen LogP contribution < -0.4 is 9.54 Å². The van der Waals surface area contributed by atoms with Crippen molar-refractivity contribution in [2.24, 2.45) is 4.99 Å². The van der Waals surface area contributed by atoms with Gasteiger partial charge in [-0.2, -0.15) is 4.99 Å². The molecule has 0 spiro atoms. The number of carbonyl (C=O) groups excluding carboxylic acids is 2. The van der Waals surface area contributed by atoms with E-state index in [-0.39, 0.29) is 25.0 Å². The maximum Gasteiger partial charge on any atom is 0.326 e. The largest absolute Gasteiger partial charge is 0.494 e. The molecule has 0 saturated carbocycles. The second kappa shape index (κ2) is 9.14. The van der Waals surface area contributed by atoms with Gasteiger partial charge in [0.05, 0.1) is 23.4 Å². The van der Waals surface area contributed by atoms with Crippen molar-refractivity contribution < 1.29 is 19.1 Å². The molecule has 6 nitrogen and oxygen atoms in total. The van der Waals surface area contributed by atoms with Crippen molar-refractivity contribution in [2.45, 2.75) is 20.4 Å². The van der Waals surface area contributed by atoms with Gasteiger partial charge >= 0.3 is 5.97 Å². The molecule has 3 aromatic carbocycles. The Bertz CT molecular complexity index is 1330. The van der Waals surface area contributed by atoms with E-state index in [4.69, 9.17) is 9.47 Å². The molecule has 0 bridgehead atoms. The van der Waals surface area contributed by atoms with E-state index in [1.165, 1.54) is 11.3 Å². The average Bonchev–Trinajstić information content (AvgIpc) is 3.09. The number of nitrogens with zero attached hydrogens (tertiary/aromatic N) is 2. The Labute approximate surface area is 183 Å². The molecule has 31 heavy (non-hydrogen) atoms. The third-order valence-electron chi connectivity index (χ3n) is 4.77. The van der Waals surface area contributed by atoms with Gasteiger partial charge in [-0.1, -0.05) is 47.7 Å². The number of fused-ring (bicyclic) bond motifs is 2. The van der Waals surface area contributed by atoms with E-state index in [2.05, 4.69) is 4.99 Å². The third kappa shape index (κ3) is 4.36. The molecule has 0 N–H and O–H groups in total. The second-order valence-corrected chi connectivity index (χ2v) is 7.79. The zero-order valence-electron chi connectivity index (χ0n) is 17.3. The number of hydrogen-bond acceptors (Lipinski definition) is 5. The van der Waals surface area contributed by atoms with Crippen molar-refractivity contribution in [3.63, 3.8) is 0 Å². The number of thiazole rings is 1. The SMILES string of the molecule is CCOC(=O)Cn1c(=NC(=O)c2cccc3ccccc23)sc2cc(OCC)ccc21. The van der Waals surface area contributed by atoms with Crippen LogP contribution >= 0.6 is 11.3 Å². The minimum Gasteiger partial charge on any atom is -0.494 e. The highest BCUT2D eigenvalue weighted by Gasteiger charge is 2.15. The van der Waals surface area contributed by atoms with E-state index < -0.39 is 0 Å². The molecule has 1 aromatic heterocycles. The summed E-state index contributed by atoms with van der Waals surface area (Å²) in [4.78, 5) is 30.2. The van der Waals surface area contributed by atoms with Gasteiger partial charge in [-0.15, -0.1) is 0 Å². The average molecular weight is 435 g/mol. The molecule has 0 saturated heterocycles. The van der Waals surface area contributed by atoms with E-state index in [1.807, 2.05) is 61.5 Å². The number of aromatic nitrogens is 1. The molecule has 4 rings (SSSR count). The molecular weight excluding hydrogens is 412 g/mol. The molecule has 0 aliphatic rings. The predicted octanol–water partition coefficient (Wildman–Crippen LogP) is 4.56. The van der Waals surface area contributed by atoms with E-state index >= 15 is 0 Å². The number of ether oxygens (including phenoxy) is 2. The lowest BCUT2D eigenvalue weighted by Crippen LogP contribution is -2.23. The quantitative estimate of drug-likeness (QED) is 0.417. The summed E-state index contributed by atoms with van der Waals surface area (Å²) in [6.07, 6.45) is 0. The van der Waals surface area contributed by atoms with Crippen LogP contribution in [0.3, 0.4) is 0 Å². The van der Waals surface area contributed by atoms with Gasteiger partial charge in [0.25, 0.3) is 5.91 Å². The van der Waals surface area contributed by atoms with Crippen LogP contribution in [0, 0.1) is 0 Å². The molecule has 0 aliphatic heterocycles. The van der Waals surface area contributed by atoms with Gasteiger partial charge in [0.1, 0.15) is 12.3 Å². The number of amides is 1. The van der Waals surface area contributed by atoms with Crippen molar-refractivity contribution >= 4 is 44.2 Å². The minimum absolute atomic E-state index is 0.0243. The Morgan fingerprint density at radius 3 is 2.61 bits per heavy atom. The zero-order valence-corrected chi connectivity index (χ0v) is 18.1. The lowest BCUT2D eigenvalue weighted by Gasteiger charge is -2.06. The molecule has 0 radical (unpaired) electrons. The topological polar surface area (TPSA) is 69.9 Å². The molecule has 4 aromatic rings. The highest BCUT2D eigenvalue weighted by molar-refractivity contribution is 7.16. The fourth-order valence-electron chi connectivity index (χ4n) is 3.44. The van der Waals surface area contributed by atoms with Crippen molar-refractivity contribution in [1.82, 2.24) is 4.57 Å². The van der Waals surface area contributed by atoms with Crippen LogP contribution in [0.1, 0.15) is 24.2 Å². The maximum atomic E-state index is 13.1. The number of hydrogen-bond donors (Lipinski definition) is 0.